The topological polar surface area (TPSA) is 75.6 Å². The van der Waals surface area contributed by atoms with Gasteiger partial charge in [-0.05, 0) is 31.0 Å². The van der Waals surface area contributed by atoms with E-state index in [1.54, 1.807) is 18.2 Å². The number of aliphatic carboxylic acids is 1. The Labute approximate surface area is 112 Å². The van der Waals surface area contributed by atoms with Crippen LogP contribution in [-0.4, -0.2) is 29.2 Å². The van der Waals surface area contributed by atoms with E-state index >= 15 is 0 Å². The zero-order valence-electron chi connectivity index (χ0n) is 9.48. The Morgan fingerprint density at radius 1 is 1.44 bits per heavy atom. The second-order valence-corrected chi connectivity index (χ2v) is 4.96. The lowest BCUT2D eigenvalue weighted by molar-refractivity contribution is -0.165. The molecule has 0 aromatic heterocycles. The van der Waals surface area contributed by atoms with Gasteiger partial charge in [-0.15, -0.1) is 0 Å². The second kappa shape index (κ2) is 5.07. The average Bonchev–Trinajstić information content (AvgIpc) is 2.79. The van der Waals surface area contributed by atoms with E-state index in [-0.39, 0.29) is 13.0 Å². The molecule has 6 heteroatoms. The van der Waals surface area contributed by atoms with Crippen LogP contribution in [-0.2, 0) is 14.3 Å². The van der Waals surface area contributed by atoms with Crippen molar-refractivity contribution in [2.75, 3.05) is 11.9 Å². The van der Waals surface area contributed by atoms with Crippen molar-refractivity contribution < 1.29 is 19.4 Å². The maximum atomic E-state index is 12.1. The van der Waals surface area contributed by atoms with E-state index in [1.807, 2.05) is 6.07 Å². The number of rotatable bonds is 3. The normalized spacial score (nSPS) is 22.7. The van der Waals surface area contributed by atoms with Crippen molar-refractivity contribution >= 4 is 33.5 Å². The van der Waals surface area contributed by atoms with E-state index in [0.717, 1.165) is 4.47 Å². The van der Waals surface area contributed by atoms with Crippen molar-refractivity contribution in [3.8, 4) is 0 Å². The van der Waals surface area contributed by atoms with Crippen LogP contribution in [0.1, 0.15) is 12.8 Å². The fourth-order valence-corrected chi connectivity index (χ4v) is 2.28. The Kier molecular flexibility index (Phi) is 3.68. The number of anilines is 1. The summed E-state index contributed by atoms with van der Waals surface area (Å²) in [5, 5.41) is 11.7. The maximum absolute atomic E-state index is 12.1. The molecule has 1 amide bonds. The molecular weight excluding hydrogens is 302 g/mol. The lowest BCUT2D eigenvalue weighted by Crippen LogP contribution is -2.49. The molecule has 0 bridgehead atoms. The minimum atomic E-state index is -1.75. The van der Waals surface area contributed by atoms with Gasteiger partial charge in [-0.25, -0.2) is 4.79 Å². The lowest BCUT2D eigenvalue weighted by Gasteiger charge is -2.22. The third-order valence-electron chi connectivity index (χ3n) is 2.82. The molecule has 96 valence electrons. The van der Waals surface area contributed by atoms with E-state index in [4.69, 9.17) is 4.74 Å². The highest BCUT2D eigenvalue weighted by molar-refractivity contribution is 9.10. The van der Waals surface area contributed by atoms with Crippen LogP contribution in [0.15, 0.2) is 28.7 Å². The van der Waals surface area contributed by atoms with Crippen LogP contribution < -0.4 is 5.32 Å². The van der Waals surface area contributed by atoms with E-state index in [9.17, 15) is 14.7 Å². The van der Waals surface area contributed by atoms with Crippen molar-refractivity contribution in [2.45, 2.75) is 18.4 Å². The monoisotopic (exact) mass is 313 g/mol. The molecule has 1 aliphatic rings. The van der Waals surface area contributed by atoms with Crippen LogP contribution in [0.5, 0.6) is 0 Å². The van der Waals surface area contributed by atoms with Gasteiger partial charge in [0.1, 0.15) is 0 Å². The first-order valence-electron chi connectivity index (χ1n) is 5.49. The number of hydrogen-bond donors (Lipinski definition) is 2. The van der Waals surface area contributed by atoms with Crippen LogP contribution in [0, 0.1) is 0 Å². The number of carbonyl (C=O) groups is 2. The van der Waals surface area contributed by atoms with Crippen LogP contribution in [0.2, 0.25) is 0 Å². The molecule has 0 aliphatic carbocycles. The highest BCUT2D eigenvalue weighted by Gasteiger charge is 2.50. The summed E-state index contributed by atoms with van der Waals surface area (Å²) in [4.78, 5) is 23.3. The van der Waals surface area contributed by atoms with Crippen LogP contribution in [0.3, 0.4) is 0 Å². The maximum Gasteiger partial charge on any atom is 0.345 e. The predicted molar refractivity (Wildman–Crippen MR) is 68.3 cm³/mol. The number of amides is 1. The molecule has 1 unspecified atom stereocenters. The highest BCUT2D eigenvalue weighted by atomic mass is 79.9. The standard InChI is InChI=1S/C12H12BrNO4/c13-8-3-1-4-9(7-8)14-10(15)12(11(16)17)5-2-6-18-12/h1,3-4,7H,2,5-6H2,(H,14,15)(H,16,17). The van der Waals surface area contributed by atoms with Gasteiger partial charge in [0.15, 0.2) is 0 Å². The molecular formula is C12H12BrNO4. The van der Waals surface area contributed by atoms with Crippen LogP contribution in [0.4, 0.5) is 5.69 Å². The van der Waals surface area contributed by atoms with Gasteiger partial charge in [-0.2, -0.15) is 0 Å². The molecule has 2 rings (SSSR count). The molecule has 1 fully saturated rings. The van der Waals surface area contributed by atoms with E-state index < -0.39 is 17.5 Å². The van der Waals surface area contributed by atoms with E-state index in [0.29, 0.717) is 12.1 Å². The Hall–Kier alpha value is -1.40. The Balaban J connectivity index is 2.18. The molecule has 0 radical (unpaired) electrons. The first kappa shape index (κ1) is 13.0. The number of halogens is 1. The van der Waals surface area contributed by atoms with Gasteiger partial charge in [0.05, 0.1) is 0 Å². The summed E-state index contributed by atoms with van der Waals surface area (Å²) in [6.07, 6.45) is 0.764. The van der Waals surface area contributed by atoms with Crippen LogP contribution >= 0.6 is 15.9 Å². The lowest BCUT2D eigenvalue weighted by atomic mass is 9.99. The zero-order valence-corrected chi connectivity index (χ0v) is 11.1. The molecule has 1 aromatic rings. The van der Waals surface area contributed by atoms with Gasteiger partial charge in [0.25, 0.3) is 5.91 Å². The molecule has 1 saturated heterocycles. The molecule has 1 aromatic carbocycles. The third kappa shape index (κ3) is 2.39. The number of carbonyl (C=O) groups excluding carboxylic acids is 1. The summed E-state index contributed by atoms with van der Waals surface area (Å²) >= 11 is 3.28. The average molecular weight is 314 g/mol. The number of hydrogen-bond acceptors (Lipinski definition) is 3. The van der Waals surface area contributed by atoms with Gasteiger partial charge in [-0.1, -0.05) is 22.0 Å². The molecule has 18 heavy (non-hydrogen) atoms. The number of benzene rings is 1. The first-order valence-corrected chi connectivity index (χ1v) is 6.28. The molecule has 5 nitrogen and oxygen atoms in total. The molecule has 1 atom stereocenters. The number of carboxylic acid groups (broad SMARTS) is 1. The third-order valence-corrected chi connectivity index (χ3v) is 3.31. The first-order chi connectivity index (χ1) is 8.54. The Bertz CT molecular complexity index is 483. The second-order valence-electron chi connectivity index (χ2n) is 4.05. The number of ether oxygens (including phenoxy) is 1. The molecule has 1 heterocycles. The Morgan fingerprint density at radius 2 is 2.22 bits per heavy atom. The van der Waals surface area contributed by atoms with Crippen molar-refractivity contribution in [3.63, 3.8) is 0 Å². The molecule has 0 spiro atoms. The quantitative estimate of drug-likeness (QED) is 0.837. The highest BCUT2D eigenvalue weighted by Crippen LogP contribution is 2.28. The van der Waals surface area contributed by atoms with E-state index in [1.165, 1.54) is 0 Å². The van der Waals surface area contributed by atoms with Gasteiger partial charge >= 0.3 is 5.97 Å². The fraction of sp³-hybridized carbons (Fsp3) is 0.333. The van der Waals surface area contributed by atoms with E-state index in [2.05, 4.69) is 21.2 Å². The van der Waals surface area contributed by atoms with Gasteiger partial charge in [0, 0.05) is 16.8 Å². The Morgan fingerprint density at radius 3 is 2.78 bits per heavy atom. The summed E-state index contributed by atoms with van der Waals surface area (Å²) in [6, 6.07) is 6.95. The zero-order chi connectivity index (χ0) is 13.2. The van der Waals surface area contributed by atoms with Crippen molar-refractivity contribution in [1.82, 2.24) is 0 Å². The summed E-state index contributed by atoms with van der Waals surface area (Å²) in [7, 11) is 0. The van der Waals surface area contributed by atoms with Crippen molar-refractivity contribution in [3.05, 3.63) is 28.7 Å². The largest absolute Gasteiger partial charge is 0.479 e. The van der Waals surface area contributed by atoms with Crippen molar-refractivity contribution in [1.29, 1.82) is 0 Å². The van der Waals surface area contributed by atoms with Gasteiger partial charge in [0.2, 0.25) is 5.60 Å². The molecule has 2 N–H and O–H groups in total. The SMILES string of the molecule is O=C(O)C1(C(=O)Nc2cccc(Br)c2)CCCO1. The number of carboxylic acids is 1. The summed E-state index contributed by atoms with van der Waals surface area (Å²) in [5.41, 5.74) is -1.21. The smallest absolute Gasteiger partial charge is 0.345 e. The number of nitrogens with one attached hydrogen (secondary N) is 1. The summed E-state index contributed by atoms with van der Waals surface area (Å²) in [6.45, 7) is 0.290. The fourth-order valence-electron chi connectivity index (χ4n) is 1.88. The van der Waals surface area contributed by atoms with Crippen LogP contribution in [0.25, 0.3) is 0 Å². The minimum Gasteiger partial charge on any atom is -0.479 e. The minimum absolute atomic E-state index is 0.197. The summed E-state index contributed by atoms with van der Waals surface area (Å²) < 4.78 is 5.95. The van der Waals surface area contributed by atoms with Crippen molar-refractivity contribution in [2.24, 2.45) is 0 Å². The predicted octanol–water partition coefficient (Wildman–Crippen LogP) is 2.02. The molecule has 0 saturated carbocycles. The van der Waals surface area contributed by atoms with Gasteiger partial charge in [-0.3, -0.25) is 4.79 Å². The molecule has 1 aliphatic heterocycles. The summed E-state index contributed by atoms with van der Waals surface area (Å²) in [5.74, 6) is -1.88. The van der Waals surface area contributed by atoms with Gasteiger partial charge < -0.3 is 15.2 Å².